The summed E-state index contributed by atoms with van der Waals surface area (Å²) in [5, 5.41) is 10.8. The molecule has 1 amide bonds. The highest BCUT2D eigenvalue weighted by Gasteiger charge is 2.01. The summed E-state index contributed by atoms with van der Waals surface area (Å²) >= 11 is 0. The minimum Gasteiger partial charge on any atom is -0.465 e. The van der Waals surface area contributed by atoms with Crippen molar-refractivity contribution in [2.75, 3.05) is 0 Å². The Morgan fingerprint density at radius 2 is 2.22 bits per heavy atom. The SMILES string of the molecule is O=C(O)NCc1cccc(-c2cnc(=O)[nH]c2)c1. The highest BCUT2D eigenvalue weighted by Crippen LogP contribution is 2.17. The van der Waals surface area contributed by atoms with Gasteiger partial charge in [0.1, 0.15) is 0 Å². The Morgan fingerprint density at radius 3 is 2.89 bits per heavy atom. The van der Waals surface area contributed by atoms with Crippen molar-refractivity contribution in [3.05, 3.63) is 52.7 Å². The molecule has 0 atom stereocenters. The quantitative estimate of drug-likeness (QED) is 0.757. The summed E-state index contributed by atoms with van der Waals surface area (Å²) in [5.41, 5.74) is 2.07. The number of hydrogen-bond donors (Lipinski definition) is 3. The topological polar surface area (TPSA) is 95.1 Å². The second-order valence-electron chi connectivity index (χ2n) is 3.67. The molecular formula is C12H11N3O3. The number of aromatic nitrogens is 2. The van der Waals surface area contributed by atoms with Crippen molar-refractivity contribution in [2.45, 2.75) is 6.54 Å². The molecule has 18 heavy (non-hydrogen) atoms. The number of nitrogens with one attached hydrogen (secondary N) is 2. The van der Waals surface area contributed by atoms with Gasteiger partial charge in [0.2, 0.25) is 0 Å². The standard InChI is InChI=1S/C12H11N3O3/c16-11-13-6-10(7-14-11)9-3-1-2-8(4-9)5-15-12(17)18/h1-4,6-7,15H,5H2,(H,17,18)(H,13,14,16). The number of amides is 1. The molecule has 0 radical (unpaired) electrons. The maximum Gasteiger partial charge on any atom is 0.404 e. The molecule has 0 aliphatic rings. The first kappa shape index (κ1) is 11.8. The van der Waals surface area contributed by atoms with Gasteiger partial charge in [0.25, 0.3) is 0 Å². The van der Waals surface area contributed by atoms with Gasteiger partial charge in [-0.15, -0.1) is 0 Å². The van der Waals surface area contributed by atoms with Gasteiger partial charge in [-0.1, -0.05) is 18.2 Å². The van der Waals surface area contributed by atoms with E-state index < -0.39 is 11.8 Å². The number of carboxylic acid groups (broad SMARTS) is 1. The van der Waals surface area contributed by atoms with Crippen molar-refractivity contribution in [3.63, 3.8) is 0 Å². The first-order valence-corrected chi connectivity index (χ1v) is 5.26. The zero-order chi connectivity index (χ0) is 13.0. The smallest absolute Gasteiger partial charge is 0.404 e. The fourth-order valence-electron chi connectivity index (χ4n) is 1.54. The van der Waals surface area contributed by atoms with Gasteiger partial charge in [0.05, 0.1) is 0 Å². The lowest BCUT2D eigenvalue weighted by molar-refractivity contribution is 0.194. The molecule has 6 heteroatoms. The van der Waals surface area contributed by atoms with Crippen molar-refractivity contribution >= 4 is 6.09 Å². The molecule has 0 bridgehead atoms. The zero-order valence-corrected chi connectivity index (χ0v) is 9.38. The van der Waals surface area contributed by atoms with Crippen LogP contribution in [0.25, 0.3) is 11.1 Å². The van der Waals surface area contributed by atoms with E-state index in [1.54, 1.807) is 6.20 Å². The van der Waals surface area contributed by atoms with Crippen molar-refractivity contribution in [1.29, 1.82) is 0 Å². The first-order chi connectivity index (χ1) is 8.65. The van der Waals surface area contributed by atoms with E-state index in [0.717, 1.165) is 16.7 Å². The minimum atomic E-state index is -1.06. The summed E-state index contributed by atoms with van der Waals surface area (Å²) in [6.45, 7) is 0.236. The third-order valence-electron chi connectivity index (χ3n) is 2.38. The lowest BCUT2D eigenvalue weighted by Crippen LogP contribution is -2.19. The lowest BCUT2D eigenvalue weighted by Gasteiger charge is -2.05. The normalized spacial score (nSPS) is 10.0. The van der Waals surface area contributed by atoms with E-state index in [2.05, 4.69) is 15.3 Å². The molecule has 0 spiro atoms. The largest absolute Gasteiger partial charge is 0.465 e. The molecule has 0 unspecified atom stereocenters. The molecule has 1 aromatic heterocycles. The average molecular weight is 245 g/mol. The van der Waals surface area contributed by atoms with Crippen LogP contribution in [-0.4, -0.2) is 21.2 Å². The predicted octanol–water partition coefficient (Wildman–Crippen LogP) is 1.20. The molecular weight excluding hydrogens is 234 g/mol. The van der Waals surface area contributed by atoms with Gasteiger partial charge in [-0.05, 0) is 17.2 Å². The van der Waals surface area contributed by atoms with E-state index in [0.29, 0.717) is 0 Å². The van der Waals surface area contributed by atoms with Crippen molar-refractivity contribution < 1.29 is 9.90 Å². The number of nitrogens with zero attached hydrogens (tertiary/aromatic N) is 1. The molecule has 1 heterocycles. The van der Waals surface area contributed by atoms with E-state index in [-0.39, 0.29) is 6.54 Å². The molecule has 1 aromatic carbocycles. The molecule has 3 N–H and O–H groups in total. The summed E-state index contributed by atoms with van der Waals surface area (Å²) in [5.74, 6) is 0. The van der Waals surface area contributed by atoms with E-state index in [4.69, 9.17) is 5.11 Å². The van der Waals surface area contributed by atoms with Gasteiger partial charge in [-0.3, -0.25) is 0 Å². The number of H-pyrrole nitrogens is 1. The number of carbonyl (C=O) groups is 1. The minimum absolute atomic E-state index is 0.236. The van der Waals surface area contributed by atoms with Gasteiger partial charge in [-0.2, -0.15) is 0 Å². The Kier molecular flexibility index (Phi) is 3.38. The van der Waals surface area contributed by atoms with Crippen LogP contribution in [0.3, 0.4) is 0 Å². The predicted molar refractivity (Wildman–Crippen MR) is 65.2 cm³/mol. The summed E-state index contributed by atoms with van der Waals surface area (Å²) in [6, 6.07) is 7.34. The Bertz CT molecular complexity index is 601. The van der Waals surface area contributed by atoms with Gasteiger partial charge in [0.15, 0.2) is 0 Å². The van der Waals surface area contributed by atoms with Crippen LogP contribution in [0.4, 0.5) is 4.79 Å². The van der Waals surface area contributed by atoms with E-state index in [1.807, 2.05) is 24.3 Å². The molecule has 0 aliphatic carbocycles. The van der Waals surface area contributed by atoms with Gasteiger partial charge >= 0.3 is 11.8 Å². The molecule has 2 rings (SSSR count). The summed E-state index contributed by atoms with van der Waals surface area (Å²) in [7, 11) is 0. The van der Waals surface area contributed by atoms with Crippen LogP contribution in [0.5, 0.6) is 0 Å². The second kappa shape index (κ2) is 5.13. The van der Waals surface area contributed by atoms with Gasteiger partial charge < -0.3 is 15.4 Å². The van der Waals surface area contributed by atoms with Crippen LogP contribution < -0.4 is 11.0 Å². The summed E-state index contributed by atoms with van der Waals surface area (Å²) < 4.78 is 0. The zero-order valence-electron chi connectivity index (χ0n) is 9.38. The highest BCUT2D eigenvalue weighted by molar-refractivity contribution is 5.65. The fraction of sp³-hybridized carbons (Fsp3) is 0.0833. The summed E-state index contributed by atoms with van der Waals surface area (Å²) in [6.07, 6.45) is 1.98. The van der Waals surface area contributed by atoms with Crippen molar-refractivity contribution in [3.8, 4) is 11.1 Å². The number of rotatable bonds is 3. The van der Waals surface area contributed by atoms with Gasteiger partial charge in [-0.25, -0.2) is 14.6 Å². The molecule has 92 valence electrons. The maximum atomic E-state index is 10.9. The fourth-order valence-corrected chi connectivity index (χ4v) is 1.54. The second-order valence-corrected chi connectivity index (χ2v) is 3.67. The molecule has 2 aromatic rings. The van der Waals surface area contributed by atoms with Gasteiger partial charge in [0, 0.05) is 24.5 Å². The van der Waals surface area contributed by atoms with Crippen LogP contribution in [0.2, 0.25) is 0 Å². The third-order valence-corrected chi connectivity index (χ3v) is 2.38. The van der Waals surface area contributed by atoms with E-state index in [1.165, 1.54) is 6.20 Å². The number of aromatic amines is 1. The van der Waals surface area contributed by atoms with Crippen LogP contribution in [0.15, 0.2) is 41.5 Å². The van der Waals surface area contributed by atoms with E-state index in [9.17, 15) is 9.59 Å². The Labute approximate surface area is 102 Å². The molecule has 0 fully saturated rings. The molecule has 6 nitrogen and oxygen atoms in total. The van der Waals surface area contributed by atoms with E-state index >= 15 is 0 Å². The Hall–Kier alpha value is -2.63. The Balaban J connectivity index is 2.23. The van der Waals surface area contributed by atoms with Crippen LogP contribution in [0.1, 0.15) is 5.56 Å². The highest BCUT2D eigenvalue weighted by atomic mass is 16.4. The van der Waals surface area contributed by atoms with Crippen molar-refractivity contribution in [2.24, 2.45) is 0 Å². The number of hydrogen-bond acceptors (Lipinski definition) is 3. The van der Waals surface area contributed by atoms with Crippen LogP contribution in [0, 0.1) is 0 Å². The number of benzene rings is 1. The molecule has 0 saturated carbocycles. The van der Waals surface area contributed by atoms with Crippen LogP contribution >= 0.6 is 0 Å². The maximum absolute atomic E-state index is 10.9. The molecule has 0 aliphatic heterocycles. The monoisotopic (exact) mass is 245 g/mol. The summed E-state index contributed by atoms with van der Waals surface area (Å²) in [4.78, 5) is 27.4. The molecule has 0 saturated heterocycles. The first-order valence-electron chi connectivity index (χ1n) is 5.26. The average Bonchev–Trinajstić information content (AvgIpc) is 2.37. The third kappa shape index (κ3) is 2.94. The van der Waals surface area contributed by atoms with Crippen molar-refractivity contribution in [1.82, 2.24) is 15.3 Å². The van der Waals surface area contributed by atoms with Crippen LogP contribution in [-0.2, 0) is 6.54 Å². The Morgan fingerprint density at radius 1 is 1.39 bits per heavy atom. The lowest BCUT2D eigenvalue weighted by atomic mass is 10.1.